The van der Waals surface area contributed by atoms with Crippen molar-refractivity contribution >= 4 is 22.6 Å². The Labute approximate surface area is 247 Å². The Bertz CT molecular complexity index is 1440. The first-order valence-electron chi connectivity index (χ1n) is 14.9. The smallest absolute Gasteiger partial charge is 0.122 e. The van der Waals surface area contributed by atoms with Gasteiger partial charge in [-0.3, -0.25) is 9.58 Å². The predicted octanol–water partition coefficient (Wildman–Crippen LogP) is 5.82. The van der Waals surface area contributed by atoms with Gasteiger partial charge in [0, 0.05) is 76.2 Å². The molecule has 0 unspecified atom stereocenters. The van der Waals surface area contributed by atoms with Crippen LogP contribution in [0.5, 0.6) is 5.75 Å². The molecule has 1 aliphatic heterocycles. The number of hydrogen-bond donors (Lipinski definition) is 1. The van der Waals surface area contributed by atoms with Crippen LogP contribution in [-0.4, -0.2) is 89.1 Å². The monoisotopic (exact) mass is 576 g/mol. The van der Waals surface area contributed by atoms with Crippen molar-refractivity contribution in [3.63, 3.8) is 0 Å². The van der Waals surface area contributed by atoms with Gasteiger partial charge < -0.3 is 19.4 Å². The van der Waals surface area contributed by atoms with E-state index in [1.54, 1.807) is 14.2 Å². The fraction of sp³-hybridized carbons (Fsp3) is 0.500. The van der Waals surface area contributed by atoms with Gasteiger partial charge in [-0.15, -0.1) is 0 Å². The summed E-state index contributed by atoms with van der Waals surface area (Å²) in [5, 5.41) is 5.66. The molecule has 218 valence electrons. The van der Waals surface area contributed by atoms with Crippen LogP contribution in [-0.2, 0) is 11.2 Å². The fourth-order valence-electron chi connectivity index (χ4n) is 6.55. The second-order valence-corrected chi connectivity index (χ2v) is 11.8. The van der Waals surface area contributed by atoms with E-state index in [4.69, 9.17) is 31.2 Å². The number of halogens is 1. The van der Waals surface area contributed by atoms with Gasteiger partial charge >= 0.3 is 0 Å². The maximum Gasteiger partial charge on any atom is 0.122 e. The molecule has 4 aromatic rings. The second kappa shape index (κ2) is 12.9. The van der Waals surface area contributed by atoms with Crippen LogP contribution in [0.15, 0.2) is 48.7 Å². The standard InChI is InChI=1S/C32H41ClN6O2/c1-40-19-5-13-37-15-17-38(18-16-37)25-8-10-26(11-9-25)39-14-12-28(36-39)24-20-27(33)32-29(21-24)34-31(35-32)22-23-6-3-4-7-30(23)41-2/h3-4,6-7,12,14,20-21,25-26H,5,8-11,13,15-19,22H2,1-2H3,(H,34,35)/t25-,26+. The average molecular weight is 577 g/mol. The summed E-state index contributed by atoms with van der Waals surface area (Å²) in [5.74, 6) is 1.72. The number of imidazole rings is 1. The van der Waals surface area contributed by atoms with Gasteiger partial charge in [0.15, 0.2) is 0 Å². The molecule has 3 heterocycles. The summed E-state index contributed by atoms with van der Waals surface area (Å²) >= 11 is 6.73. The zero-order valence-corrected chi connectivity index (χ0v) is 24.9. The third kappa shape index (κ3) is 6.46. The number of benzene rings is 2. The van der Waals surface area contributed by atoms with Crippen molar-refractivity contribution in [2.24, 2.45) is 0 Å². The van der Waals surface area contributed by atoms with Gasteiger partial charge in [0.05, 0.1) is 34.9 Å². The number of hydrogen-bond acceptors (Lipinski definition) is 6. The lowest BCUT2D eigenvalue weighted by atomic mass is 9.90. The fourth-order valence-corrected chi connectivity index (χ4v) is 6.81. The first kappa shape index (κ1) is 28.2. The van der Waals surface area contributed by atoms with Crippen molar-refractivity contribution in [1.82, 2.24) is 29.5 Å². The Balaban J connectivity index is 1.07. The number of aromatic nitrogens is 4. The first-order valence-corrected chi connectivity index (χ1v) is 15.3. The molecule has 0 spiro atoms. The number of rotatable bonds is 10. The van der Waals surface area contributed by atoms with Gasteiger partial charge in [0.1, 0.15) is 11.6 Å². The van der Waals surface area contributed by atoms with Crippen molar-refractivity contribution < 1.29 is 9.47 Å². The van der Waals surface area contributed by atoms with Crippen LogP contribution in [0.3, 0.4) is 0 Å². The zero-order valence-electron chi connectivity index (χ0n) is 24.2. The minimum absolute atomic E-state index is 0.451. The maximum atomic E-state index is 6.73. The van der Waals surface area contributed by atoms with E-state index in [1.807, 2.05) is 24.3 Å². The summed E-state index contributed by atoms with van der Waals surface area (Å²) < 4.78 is 12.9. The normalized spacial score (nSPS) is 20.6. The van der Waals surface area contributed by atoms with Crippen LogP contribution < -0.4 is 4.74 Å². The van der Waals surface area contributed by atoms with Crippen LogP contribution in [0.4, 0.5) is 0 Å². The third-order valence-electron chi connectivity index (χ3n) is 8.84. The van der Waals surface area contributed by atoms with Crippen LogP contribution in [0.25, 0.3) is 22.3 Å². The van der Waals surface area contributed by atoms with E-state index in [1.165, 1.54) is 51.9 Å². The van der Waals surface area contributed by atoms with Gasteiger partial charge in [-0.05, 0) is 56.4 Å². The predicted molar refractivity (Wildman–Crippen MR) is 164 cm³/mol. The van der Waals surface area contributed by atoms with Crippen LogP contribution in [0.1, 0.15) is 49.5 Å². The Kier molecular flexibility index (Phi) is 8.91. The number of nitrogens with one attached hydrogen (secondary N) is 1. The highest BCUT2D eigenvalue weighted by Crippen LogP contribution is 2.34. The van der Waals surface area contributed by atoms with Crippen molar-refractivity contribution in [1.29, 1.82) is 0 Å². The largest absolute Gasteiger partial charge is 0.496 e. The molecule has 2 aromatic heterocycles. The molecule has 0 atom stereocenters. The highest BCUT2D eigenvalue weighted by Gasteiger charge is 2.29. The van der Waals surface area contributed by atoms with Crippen molar-refractivity contribution in [2.45, 2.75) is 50.6 Å². The molecule has 8 nitrogen and oxygen atoms in total. The number of methoxy groups -OCH3 is 2. The molecule has 2 aromatic carbocycles. The van der Waals surface area contributed by atoms with Crippen LogP contribution in [0, 0.1) is 0 Å². The molecule has 1 saturated carbocycles. The maximum absolute atomic E-state index is 6.73. The highest BCUT2D eigenvalue weighted by atomic mass is 35.5. The molecule has 1 saturated heterocycles. The number of H-pyrrole nitrogens is 1. The molecule has 0 radical (unpaired) electrons. The molecule has 2 fully saturated rings. The average Bonchev–Trinajstić information content (AvgIpc) is 3.66. The van der Waals surface area contributed by atoms with E-state index in [9.17, 15) is 0 Å². The van der Waals surface area contributed by atoms with Crippen molar-refractivity contribution in [3.8, 4) is 17.0 Å². The Morgan fingerprint density at radius 3 is 2.54 bits per heavy atom. The van der Waals surface area contributed by atoms with E-state index < -0.39 is 0 Å². The van der Waals surface area contributed by atoms with E-state index in [0.29, 0.717) is 23.5 Å². The van der Waals surface area contributed by atoms with Crippen molar-refractivity contribution in [3.05, 3.63) is 65.1 Å². The molecule has 9 heteroatoms. The van der Waals surface area contributed by atoms with E-state index in [2.05, 4.69) is 43.9 Å². The number of fused-ring (bicyclic) bond motifs is 1. The quantitative estimate of drug-likeness (QED) is 0.240. The Morgan fingerprint density at radius 2 is 1.76 bits per heavy atom. The third-order valence-corrected chi connectivity index (χ3v) is 9.13. The summed E-state index contributed by atoms with van der Waals surface area (Å²) in [4.78, 5) is 13.6. The van der Waals surface area contributed by atoms with Gasteiger partial charge in [-0.25, -0.2) is 4.98 Å². The summed E-state index contributed by atoms with van der Waals surface area (Å²) in [6, 6.07) is 15.4. The minimum Gasteiger partial charge on any atom is -0.496 e. The SMILES string of the molecule is COCCCN1CCN([C@H]2CC[C@@H](n3ccc(-c4cc(Cl)c5[nH]c(Cc6ccccc6OC)nc5c4)n3)CC2)CC1. The lowest BCUT2D eigenvalue weighted by Gasteiger charge is -2.42. The molecule has 0 bridgehead atoms. The molecular formula is C32H41ClN6O2. The molecule has 0 amide bonds. The number of piperazine rings is 1. The molecule has 2 aliphatic rings. The summed E-state index contributed by atoms with van der Waals surface area (Å²) in [6.45, 7) is 6.73. The topological polar surface area (TPSA) is 71.4 Å². The number of aromatic amines is 1. The van der Waals surface area contributed by atoms with Gasteiger partial charge in [-0.1, -0.05) is 29.8 Å². The summed E-state index contributed by atoms with van der Waals surface area (Å²) in [7, 11) is 3.48. The van der Waals surface area contributed by atoms with Gasteiger partial charge in [0.2, 0.25) is 0 Å². The first-order chi connectivity index (χ1) is 20.1. The second-order valence-electron chi connectivity index (χ2n) is 11.4. The Hall–Kier alpha value is -2.91. The van der Waals surface area contributed by atoms with E-state index in [-0.39, 0.29) is 0 Å². The summed E-state index contributed by atoms with van der Waals surface area (Å²) in [5.41, 5.74) is 4.72. The minimum atomic E-state index is 0.451. The molecule has 41 heavy (non-hydrogen) atoms. The molecular weight excluding hydrogens is 536 g/mol. The number of para-hydroxylation sites is 1. The van der Waals surface area contributed by atoms with Crippen molar-refractivity contribution in [2.75, 3.05) is 53.6 Å². The molecule has 6 rings (SSSR count). The van der Waals surface area contributed by atoms with Gasteiger partial charge in [-0.2, -0.15) is 5.10 Å². The molecule has 1 aliphatic carbocycles. The number of nitrogens with zero attached hydrogens (tertiary/aromatic N) is 5. The lowest BCUT2D eigenvalue weighted by molar-refractivity contribution is 0.0659. The van der Waals surface area contributed by atoms with Crippen LogP contribution in [0.2, 0.25) is 5.02 Å². The van der Waals surface area contributed by atoms with Crippen LogP contribution >= 0.6 is 11.6 Å². The van der Waals surface area contributed by atoms with E-state index in [0.717, 1.165) is 59.0 Å². The van der Waals surface area contributed by atoms with Gasteiger partial charge in [0.25, 0.3) is 0 Å². The lowest BCUT2D eigenvalue weighted by Crippen LogP contribution is -2.51. The number of ether oxygens (including phenoxy) is 2. The summed E-state index contributed by atoms with van der Waals surface area (Å²) in [6.07, 6.45) is 8.73. The Morgan fingerprint density at radius 1 is 0.976 bits per heavy atom. The van der Waals surface area contributed by atoms with E-state index >= 15 is 0 Å². The zero-order chi connectivity index (χ0) is 28.2. The molecule has 1 N–H and O–H groups in total. The highest BCUT2D eigenvalue weighted by molar-refractivity contribution is 6.35.